The molecule has 4 nitrogen and oxygen atoms in total. The van der Waals surface area contributed by atoms with Gasteiger partial charge < -0.3 is 15.5 Å². The molecule has 0 aliphatic rings. The summed E-state index contributed by atoms with van der Waals surface area (Å²) in [4.78, 5) is 11.7. The number of carbonyl (C=O) groups excluding carboxylic acids is 1. The highest BCUT2D eigenvalue weighted by molar-refractivity contribution is 7.98. The Hall–Kier alpha value is -1.36. The van der Waals surface area contributed by atoms with E-state index in [-0.39, 0.29) is 23.0 Å². The summed E-state index contributed by atoms with van der Waals surface area (Å²) in [6.45, 7) is 0.578. The first-order valence-corrected chi connectivity index (χ1v) is 6.84. The molecule has 17 heavy (non-hydrogen) atoms. The summed E-state index contributed by atoms with van der Waals surface area (Å²) in [6.07, 6.45) is 4.00. The lowest BCUT2D eigenvalue weighted by molar-refractivity contribution is 0.0950. The fourth-order valence-electron chi connectivity index (χ4n) is 1.38. The molecule has 3 N–H and O–H groups in total. The Kier molecular flexibility index (Phi) is 5.69. The van der Waals surface area contributed by atoms with Gasteiger partial charge in [-0.3, -0.25) is 4.79 Å². The predicted octanol–water partition coefficient (Wildman–Crippen LogP) is 1.97. The number of amides is 1. The highest BCUT2D eigenvalue weighted by atomic mass is 32.2. The number of phenolic OH excluding ortho intramolecular Hbond substituents is 2. The van der Waals surface area contributed by atoms with E-state index >= 15 is 0 Å². The third-order valence-electron chi connectivity index (χ3n) is 2.32. The van der Waals surface area contributed by atoms with Gasteiger partial charge in [0.25, 0.3) is 5.91 Å². The topological polar surface area (TPSA) is 69.6 Å². The van der Waals surface area contributed by atoms with Crippen LogP contribution in [0, 0.1) is 0 Å². The Morgan fingerprint density at radius 2 is 2.12 bits per heavy atom. The van der Waals surface area contributed by atoms with Gasteiger partial charge in [0.1, 0.15) is 0 Å². The van der Waals surface area contributed by atoms with Crippen LogP contribution in [0.5, 0.6) is 11.5 Å². The number of hydrogen-bond acceptors (Lipinski definition) is 4. The van der Waals surface area contributed by atoms with E-state index in [1.165, 1.54) is 18.2 Å². The molecule has 1 rings (SSSR count). The number of carbonyl (C=O) groups is 1. The van der Waals surface area contributed by atoms with Crippen molar-refractivity contribution in [2.24, 2.45) is 0 Å². The molecule has 0 bridgehead atoms. The van der Waals surface area contributed by atoms with Crippen molar-refractivity contribution >= 4 is 17.7 Å². The number of benzene rings is 1. The molecule has 1 aromatic carbocycles. The van der Waals surface area contributed by atoms with Gasteiger partial charge in [0.2, 0.25) is 0 Å². The zero-order valence-corrected chi connectivity index (χ0v) is 10.6. The minimum atomic E-state index is -0.367. The summed E-state index contributed by atoms with van der Waals surface area (Å²) < 4.78 is 0. The van der Waals surface area contributed by atoms with Crippen LogP contribution in [0.25, 0.3) is 0 Å². The van der Waals surface area contributed by atoms with E-state index in [1.807, 2.05) is 6.26 Å². The van der Waals surface area contributed by atoms with Crippen LogP contribution < -0.4 is 5.32 Å². The van der Waals surface area contributed by atoms with Gasteiger partial charge in [-0.05, 0) is 37.0 Å². The van der Waals surface area contributed by atoms with E-state index < -0.39 is 0 Å². The number of hydrogen-bond donors (Lipinski definition) is 3. The van der Waals surface area contributed by atoms with E-state index in [1.54, 1.807) is 11.8 Å². The molecule has 0 atom stereocenters. The first-order chi connectivity index (χ1) is 8.16. The molecule has 0 saturated carbocycles. The molecule has 0 aliphatic heterocycles. The zero-order chi connectivity index (χ0) is 12.7. The first-order valence-electron chi connectivity index (χ1n) is 5.45. The smallest absolute Gasteiger partial charge is 0.255 e. The lowest BCUT2D eigenvalue weighted by atomic mass is 10.1. The molecule has 0 heterocycles. The summed E-state index contributed by atoms with van der Waals surface area (Å²) in [6, 6.07) is 4.34. The lowest BCUT2D eigenvalue weighted by Crippen LogP contribution is -2.24. The zero-order valence-electron chi connectivity index (χ0n) is 9.77. The van der Waals surface area contributed by atoms with Crippen LogP contribution in [0.2, 0.25) is 0 Å². The Labute approximate surface area is 105 Å². The summed E-state index contributed by atoms with van der Waals surface area (Å²) in [5, 5.41) is 21.5. The number of rotatable bonds is 6. The van der Waals surface area contributed by atoms with Crippen molar-refractivity contribution in [1.29, 1.82) is 0 Å². The van der Waals surface area contributed by atoms with Crippen LogP contribution in [0.15, 0.2) is 18.2 Å². The second-order valence-corrected chi connectivity index (χ2v) is 4.61. The Morgan fingerprint density at radius 1 is 1.35 bits per heavy atom. The second-order valence-electron chi connectivity index (χ2n) is 3.63. The maximum absolute atomic E-state index is 11.7. The van der Waals surface area contributed by atoms with Crippen molar-refractivity contribution in [3.05, 3.63) is 23.8 Å². The predicted molar refractivity (Wildman–Crippen MR) is 69.7 cm³/mol. The SMILES string of the molecule is CSCCCCNC(=O)c1cccc(O)c1O. The molecule has 1 amide bonds. The monoisotopic (exact) mass is 255 g/mol. The minimum Gasteiger partial charge on any atom is -0.504 e. The van der Waals surface area contributed by atoms with Crippen molar-refractivity contribution < 1.29 is 15.0 Å². The van der Waals surface area contributed by atoms with Gasteiger partial charge in [0.15, 0.2) is 11.5 Å². The largest absolute Gasteiger partial charge is 0.504 e. The van der Waals surface area contributed by atoms with E-state index in [4.69, 9.17) is 0 Å². The first kappa shape index (κ1) is 13.7. The third kappa shape index (κ3) is 4.19. The summed E-state index contributed by atoms with van der Waals surface area (Å²) >= 11 is 1.78. The maximum atomic E-state index is 11.7. The highest BCUT2D eigenvalue weighted by Crippen LogP contribution is 2.27. The number of phenols is 2. The molecule has 0 aliphatic carbocycles. The molecule has 0 spiro atoms. The van der Waals surface area contributed by atoms with Crippen molar-refractivity contribution in [1.82, 2.24) is 5.32 Å². The standard InChI is InChI=1S/C12H17NO3S/c1-17-8-3-2-7-13-12(16)9-5-4-6-10(14)11(9)15/h4-6,14-15H,2-3,7-8H2,1H3,(H,13,16). The van der Waals surface area contributed by atoms with Crippen LogP contribution in [-0.2, 0) is 0 Å². The van der Waals surface area contributed by atoms with Gasteiger partial charge in [-0.25, -0.2) is 0 Å². The van der Waals surface area contributed by atoms with Crippen LogP contribution in [-0.4, -0.2) is 34.7 Å². The Bertz CT molecular complexity index is 382. The van der Waals surface area contributed by atoms with Crippen LogP contribution in [0.4, 0.5) is 0 Å². The van der Waals surface area contributed by atoms with E-state index in [0.717, 1.165) is 18.6 Å². The van der Waals surface area contributed by atoms with Gasteiger partial charge in [-0.2, -0.15) is 11.8 Å². The van der Waals surface area contributed by atoms with Gasteiger partial charge in [0, 0.05) is 6.54 Å². The summed E-state index contributed by atoms with van der Waals surface area (Å²) in [5.74, 6) is 0.0736. The fraction of sp³-hybridized carbons (Fsp3) is 0.417. The van der Waals surface area contributed by atoms with E-state index in [2.05, 4.69) is 5.32 Å². The van der Waals surface area contributed by atoms with E-state index in [0.29, 0.717) is 6.54 Å². The van der Waals surface area contributed by atoms with Gasteiger partial charge in [-0.1, -0.05) is 6.07 Å². The number of aromatic hydroxyl groups is 2. The molecular weight excluding hydrogens is 238 g/mol. The summed E-state index contributed by atoms with van der Waals surface area (Å²) in [7, 11) is 0. The Balaban J connectivity index is 2.44. The average molecular weight is 255 g/mol. The normalized spacial score (nSPS) is 10.2. The van der Waals surface area contributed by atoms with Gasteiger partial charge in [-0.15, -0.1) is 0 Å². The fourth-order valence-corrected chi connectivity index (χ4v) is 1.88. The molecule has 0 radical (unpaired) electrons. The molecule has 0 unspecified atom stereocenters. The van der Waals surface area contributed by atoms with Crippen LogP contribution >= 0.6 is 11.8 Å². The van der Waals surface area contributed by atoms with Gasteiger partial charge >= 0.3 is 0 Å². The molecule has 94 valence electrons. The number of thioether (sulfide) groups is 1. The quantitative estimate of drug-likeness (QED) is 0.537. The molecule has 1 aromatic rings. The minimum absolute atomic E-state index is 0.106. The molecular formula is C12H17NO3S. The van der Waals surface area contributed by atoms with Crippen LogP contribution in [0.1, 0.15) is 23.2 Å². The van der Waals surface area contributed by atoms with Crippen molar-refractivity contribution in [3.63, 3.8) is 0 Å². The second kappa shape index (κ2) is 7.06. The molecule has 5 heteroatoms. The highest BCUT2D eigenvalue weighted by Gasteiger charge is 2.12. The maximum Gasteiger partial charge on any atom is 0.255 e. The summed E-state index contributed by atoms with van der Waals surface area (Å²) in [5.41, 5.74) is 0.106. The molecule has 0 fully saturated rings. The molecule has 0 aromatic heterocycles. The Morgan fingerprint density at radius 3 is 2.82 bits per heavy atom. The molecule has 0 saturated heterocycles. The van der Waals surface area contributed by atoms with Crippen molar-refractivity contribution in [3.8, 4) is 11.5 Å². The number of unbranched alkanes of at least 4 members (excludes halogenated alkanes) is 1. The number of nitrogens with one attached hydrogen (secondary N) is 1. The van der Waals surface area contributed by atoms with Crippen molar-refractivity contribution in [2.75, 3.05) is 18.6 Å². The van der Waals surface area contributed by atoms with Crippen LogP contribution in [0.3, 0.4) is 0 Å². The third-order valence-corrected chi connectivity index (χ3v) is 3.02. The van der Waals surface area contributed by atoms with Crippen molar-refractivity contribution in [2.45, 2.75) is 12.8 Å². The average Bonchev–Trinajstić information content (AvgIpc) is 2.32. The lowest BCUT2D eigenvalue weighted by Gasteiger charge is -2.07. The number of para-hydroxylation sites is 1. The van der Waals surface area contributed by atoms with E-state index in [9.17, 15) is 15.0 Å². The van der Waals surface area contributed by atoms with Gasteiger partial charge in [0.05, 0.1) is 5.56 Å².